The minimum atomic E-state index is 0.294. The molecule has 0 aromatic carbocycles. The van der Waals surface area contributed by atoms with Crippen LogP contribution in [0.4, 0.5) is 0 Å². The average molecular weight is 200 g/mol. The van der Waals surface area contributed by atoms with Crippen molar-refractivity contribution in [1.82, 2.24) is 4.90 Å². The molecule has 0 aliphatic heterocycles. The van der Waals surface area contributed by atoms with Crippen molar-refractivity contribution >= 4 is 5.91 Å². The third-order valence-electron chi connectivity index (χ3n) is 2.33. The predicted octanol–water partition coefficient (Wildman–Crippen LogP) is 1.76. The maximum atomic E-state index is 11.5. The summed E-state index contributed by atoms with van der Waals surface area (Å²) in [5, 5.41) is 0. The van der Waals surface area contributed by atoms with Crippen molar-refractivity contribution in [2.24, 2.45) is 5.73 Å². The Morgan fingerprint density at radius 2 is 1.93 bits per heavy atom. The Bertz CT molecular complexity index is 148. The molecular weight excluding hydrogens is 176 g/mol. The fraction of sp³-hybridized carbons (Fsp3) is 0.909. The Labute approximate surface area is 87.6 Å². The van der Waals surface area contributed by atoms with Crippen LogP contribution in [0.5, 0.6) is 0 Å². The molecule has 0 spiro atoms. The average Bonchev–Trinajstić information content (AvgIpc) is 2.18. The van der Waals surface area contributed by atoms with Gasteiger partial charge >= 0.3 is 0 Å². The van der Waals surface area contributed by atoms with Crippen molar-refractivity contribution in [1.29, 1.82) is 0 Å². The molecule has 84 valence electrons. The SMILES string of the molecule is CCCC(=O)N(CC)CCCCCN. The minimum Gasteiger partial charge on any atom is -0.343 e. The molecule has 0 rings (SSSR count). The van der Waals surface area contributed by atoms with Crippen LogP contribution in [0.2, 0.25) is 0 Å². The molecule has 0 fully saturated rings. The lowest BCUT2D eigenvalue weighted by atomic mass is 10.2. The van der Waals surface area contributed by atoms with Gasteiger partial charge in [-0.3, -0.25) is 4.79 Å². The highest BCUT2D eigenvalue weighted by Gasteiger charge is 2.08. The number of carbonyl (C=O) groups excluding carboxylic acids is 1. The molecule has 0 bridgehead atoms. The molecule has 1 amide bonds. The van der Waals surface area contributed by atoms with E-state index in [-0.39, 0.29) is 0 Å². The van der Waals surface area contributed by atoms with E-state index in [0.717, 1.165) is 45.3 Å². The molecule has 0 unspecified atom stereocenters. The summed E-state index contributed by atoms with van der Waals surface area (Å²) in [5.41, 5.74) is 5.40. The van der Waals surface area contributed by atoms with Gasteiger partial charge in [-0.2, -0.15) is 0 Å². The topological polar surface area (TPSA) is 46.3 Å². The highest BCUT2D eigenvalue weighted by Crippen LogP contribution is 2.01. The van der Waals surface area contributed by atoms with Crippen LogP contribution in [0.15, 0.2) is 0 Å². The first kappa shape index (κ1) is 13.4. The molecule has 0 heterocycles. The Morgan fingerprint density at radius 1 is 1.21 bits per heavy atom. The second-order valence-corrected chi connectivity index (χ2v) is 3.57. The Morgan fingerprint density at radius 3 is 2.43 bits per heavy atom. The first-order chi connectivity index (χ1) is 6.76. The lowest BCUT2D eigenvalue weighted by molar-refractivity contribution is -0.131. The summed E-state index contributed by atoms with van der Waals surface area (Å²) in [6.07, 6.45) is 4.91. The highest BCUT2D eigenvalue weighted by atomic mass is 16.2. The molecule has 0 aromatic heterocycles. The zero-order chi connectivity index (χ0) is 10.8. The molecule has 3 heteroatoms. The summed E-state index contributed by atoms with van der Waals surface area (Å²) in [6.45, 7) is 6.57. The molecular formula is C11H24N2O. The van der Waals surface area contributed by atoms with Crippen LogP contribution >= 0.6 is 0 Å². The van der Waals surface area contributed by atoms with E-state index < -0.39 is 0 Å². The smallest absolute Gasteiger partial charge is 0.222 e. The fourth-order valence-corrected chi connectivity index (χ4v) is 1.45. The van der Waals surface area contributed by atoms with Gasteiger partial charge in [0.25, 0.3) is 0 Å². The van der Waals surface area contributed by atoms with Gasteiger partial charge in [-0.1, -0.05) is 13.3 Å². The largest absolute Gasteiger partial charge is 0.343 e. The molecule has 0 radical (unpaired) electrons. The summed E-state index contributed by atoms with van der Waals surface area (Å²) < 4.78 is 0. The molecule has 14 heavy (non-hydrogen) atoms. The monoisotopic (exact) mass is 200 g/mol. The van der Waals surface area contributed by atoms with E-state index in [1.807, 2.05) is 18.7 Å². The molecule has 3 nitrogen and oxygen atoms in total. The maximum Gasteiger partial charge on any atom is 0.222 e. The maximum absolute atomic E-state index is 11.5. The van der Waals surface area contributed by atoms with Crippen LogP contribution in [0, 0.1) is 0 Å². The zero-order valence-electron chi connectivity index (χ0n) is 9.59. The van der Waals surface area contributed by atoms with Crippen molar-refractivity contribution < 1.29 is 4.79 Å². The third kappa shape index (κ3) is 5.97. The van der Waals surface area contributed by atoms with Gasteiger partial charge in [0.15, 0.2) is 0 Å². The second-order valence-electron chi connectivity index (χ2n) is 3.57. The van der Waals surface area contributed by atoms with E-state index in [1.54, 1.807) is 0 Å². The third-order valence-corrected chi connectivity index (χ3v) is 2.33. The van der Waals surface area contributed by atoms with Gasteiger partial charge in [-0.25, -0.2) is 0 Å². The standard InChI is InChI=1S/C11H24N2O/c1-3-8-11(14)13(4-2)10-7-5-6-9-12/h3-10,12H2,1-2H3. The summed E-state index contributed by atoms with van der Waals surface area (Å²) >= 11 is 0. The van der Waals surface area contributed by atoms with Crippen LogP contribution in [-0.4, -0.2) is 30.4 Å². The first-order valence-electron chi connectivity index (χ1n) is 5.74. The number of carbonyl (C=O) groups is 1. The molecule has 0 aromatic rings. The Hall–Kier alpha value is -0.570. The second kappa shape index (κ2) is 9.00. The van der Waals surface area contributed by atoms with Gasteiger partial charge in [0, 0.05) is 19.5 Å². The summed E-state index contributed by atoms with van der Waals surface area (Å²) in [4.78, 5) is 13.5. The number of unbranched alkanes of at least 4 members (excludes halogenated alkanes) is 2. The van der Waals surface area contributed by atoms with Gasteiger partial charge in [0.1, 0.15) is 0 Å². The molecule has 0 saturated carbocycles. The lowest BCUT2D eigenvalue weighted by Gasteiger charge is -2.20. The molecule has 2 N–H and O–H groups in total. The van der Waals surface area contributed by atoms with Crippen molar-refractivity contribution in [2.45, 2.75) is 46.0 Å². The number of amides is 1. The number of hydrogen-bond donors (Lipinski definition) is 1. The van der Waals surface area contributed by atoms with Crippen molar-refractivity contribution in [3.8, 4) is 0 Å². The van der Waals surface area contributed by atoms with E-state index >= 15 is 0 Å². The summed E-state index contributed by atoms with van der Waals surface area (Å²) in [6, 6.07) is 0. The predicted molar refractivity (Wildman–Crippen MR) is 60.1 cm³/mol. The van der Waals surface area contributed by atoms with Crippen LogP contribution in [0.1, 0.15) is 46.0 Å². The molecule has 0 aliphatic rings. The van der Waals surface area contributed by atoms with Crippen LogP contribution < -0.4 is 5.73 Å². The van der Waals surface area contributed by atoms with E-state index in [1.165, 1.54) is 0 Å². The molecule has 0 aliphatic carbocycles. The van der Waals surface area contributed by atoms with Gasteiger partial charge in [-0.15, -0.1) is 0 Å². The zero-order valence-corrected chi connectivity index (χ0v) is 9.59. The number of hydrogen-bond acceptors (Lipinski definition) is 2. The Kier molecular flexibility index (Phi) is 8.64. The summed E-state index contributed by atoms with van der Waals surface area (Å²) in [5.74, 6) is 0.294. The number of rotatable bonds is 8. The lowest BCUT2D eigenvalue weighted by Crippen LogP contribution is -2.31. The molecule has 0 saturated heterocycles. The van der Waals surface area contributed by atoms with Crippen molar-refractivity contribution in [3.05, 3.63) is 0 Å². The van der Waals surface area contributed by atoms with Crippen molar-refractivity contribution in [3.63, 3.8) is 0 Å². The fourth-order valence-electron chi connectivity index (χ4n) is 1.45. The van der Waals surface area contributed by atoms with Gasteiger partial charge in [0.2, 0.25) is 5.91 Å². The van der Waals surface area contributed by atoms with Crippen LogP contribution in [-0.2, 0) is 4.79 Å². The first-order valence-corrected chi connectivity index (χ1v) is 5.74. The van der Waals surface area contributed by atoms with Gasteiger partial charge in [-0.05, 0) is 32.7 Å². The van der Waals surface area contributed by atoms with Crippen LogP contribution in [0.25, 0.3) is 0 Å². The van der Waals surface area contributed by atoms with E-state index in [0.29, 0.717) is 12.3 Å². The van der Waals surface area contributed by atoms with Gasteiger partial charge in [0.05, 0.1) is 0 Å². The highest BCUT2D eigenvalue weighted by molar-refractivity contribution is 5.75. The van der Waals surface area contributed by atoms with E-state index in [2.05, 4.69) is 0 Å². The quantitative estimate of drug-likeness (QED) is 0.607. The number of nitrogens with zero attached hydrogens (tertiary/aromatic N) is 1. The van der Waals surface area contributed by atoms with E-state index in [9.17, 15) is 4.79 Å². The van der Waals surface area contributed by atoms with Crippen LogP contribution in [0.3, 0.4) is 0 Å². The van der Waals surface area contributed by atoms with Crippen molar-refractivity contribution in [2.75, 3.05) is 19.6 Å². The van der Waals surface area contributed by atoms with E-state index in [4.69, 9.17) is 5.73 Å². The normalized spacial score (nSPS) is 10.2. The van der Waals surface area contributed by atoms with Gasteiger partial charge < -0.3 is 10.6 Å². The number of nitrogens with two attached hydrogens (primary N) is 1. The summed E-state index contributed by atoms with van der Waals surface area (Å²) in [7, 11) is 0. The Balaban J connectivity index is 3.62. The molecule has 0 atom stereocenters. The minimum absolute atomic E-state index is 0.294.